The maximum absolute atomic E-state index is 5.36. The molecule has 0 atom stereocenters. The molecule has 2 aromatic rings. The zero-order chi connectivity index (χ0) is 17.7. The smallest absolute Gasteiger partial charge is 0.203 e. The summed E-state index contributed by atoms with van der Waals surface area (Å²) >= 11 is 0. The van der Waals surface area contributed by atoms with Gasteiger partial charge in [0.1, 0.15) is 18.0 Å². The van der Waals surface area contributed by atoms with E-state index in [1.165, 1.54) is 6.33 Å². The second kappa shape index (κ2) is 7.25. The van der Waals surface area contributed by atoms with Crippen molar-refractivity contribution in [1.29, 1.82) is 0 Å². The van der Waals surface area contributed by atoms with Crippen molar-refractivity contribution in [1.82, 2.24) is 9.97 Å². The van der Waals surface area contributed by atoms with E-state index in [0.29, 0.717) is 23.1 Å². The first-order chi connectivity index (χ1) is 11.4. The molecule has 0 radical (unpaired) electrons. The largest absolute Gasteiger partial charge is 0.493 e. The second-order valence-electron chi connectivity index (χ2n) is 6.20. The monoisotopic (exact) mass is 332 g/mol. The lowest BCUT2D eigenvalue weighted by atomic mass is 10.1. The Labute approximate surface area is 142 Å². The van der Waals surface area contributed by atoms with E-state index in [0.717, 1.165) is 11.5 Å². The topological polar surface area (TPSA) is 77.5 Å². The first-order valence-corrected chi connectivity index (χ1v) is 7.53. The van der Waals surface area contributed by atoms with Gasteiger partial charge in [0.25, 0.3) is 0 Å². The van der Waals surface area contributed by atoms with Gasteiger partial charge in [0.2, 0.25) is 5.75 Å². The Morgan fingerprint density at radius 1 is 0.833 bits per heavy atom. The predicted octanol–water partition coefficient (Wildman–Crippen LogP) is 3.46. The molecule has 1 aromatic heterocycles. The van der Waals surface area contributed by atoms with E-state index in [-0.39, 0.29) is 5.54 Å². The highest BCUT2D eigenvalue weighted by Gasteiger charge is 2.14. The fraction of sp³-hybridized carbons (Fsp3) is 0.412. The Kier molecular flexibility index (Phi) is 5.33. The third-order valence-corrected chi connectivity index (χ3v) is 3.11. The van der Waals surface area contributed by atoms with Crippen LogP contribution in [0, 0.1) is 0 Å². The zero-order valence-corrected chi connectivity index (χ0v) is 14.9. The van der Waals surface area contributed by atoms with Gasteiger partial charge in [0.05, 0.1) is 21.3 Å². The molecule has 24 heavy (non-hydrogen) atoms. The van der Waals surface area contributed by atoms with Crippen molar-refractivity contribution in [2.45, 2.75) is 26.3 Å². The summed E-state index contributed by atoms with van der Waals surface area (Å²) in [5.74, 6) is 3.09. The number of nitrogens with one attached hydrogen (secondary N) is 2. The van der Waals surface area contributed by atoms with Crippen molar-refractivity contribution in [2.24, 2.45) is 0 Å². The van der Waals surface area contributed by atoms with Gasteiger partial charge in [-0.15, -0.1) is 0 Å². The number of rotatable bonds is 6. The maximum Gasteiger partial charge on any atom is 0.203 e. The molecule has 0 saturated heterocycles. The number of benzene rings is 1. The maximum atomic E-state index is 5.36. The molecule has 1 heterocycles. The molecular formula is C17H24N4O3. The van der Waals surface area contributed by atoms with Crippen molar-refractivity contribution < 1.29 is 14.2 Å². The number of aromatic nitrogens is 2. The molecule has 1 aromatic carbocycles. The Balaban J connectivity index is 2.29. The standard InChI is InChI=1S/C17H24N4O3/c1-17(2,3)21-15-9-14(18-10-19-15)20-11-7-12(22-4)16(24-6)13(8-11)23-5/h7-10H,1-6H3,(H2,18,19,20,21). The minimum atomic E-state index is -0.0851. The summed E-state index contributed by atoms with van der Waals surface area (Å²) in [4.78, 5) is 8.47. The highest BCUT2D eigenvalue weighted by molar-refractivity contribution is 5.67. The molecular weight excluding hydrogens is 308 g/mol. The van der Waals surface area contributed by atoms with Gasteiger partial charge in [0.15, 0.2) is 11.5 Å². The van der Waals surface area contributed by atoms with Crippen LogP contribution >= 0.6 is 0 Å². The second-order valence-corrected chi connectivity index (χ2v) is 6.20. The molecule has 7 nitrogen and oxygen atoms in total. The van der Waals surface area contributed by atoms with Crippen LogP contribution in [-0.2, 0) is 0 Å². The van der Waals surface area contributed by atoms with Crippen LogP contribution in [0.2, 0.25) is 0 Å². The van der Waals surface area contributed by atoms with Crippen LogP contribution in [0.4, 0.5) is 17.3 Å². The molecule has 0 aliphatic heterocycles. The fourth-order valence-corrected chi connectivity index (χ4v) is 2.18. The summed E-state index contributed by atoms with van der Waals surface area (Å²) in [7, 11) is 4.73. The highest BCUT2D eigenvalue weighted by atomic mass is 16.5. The third kappa shape index (κ3) is 4.41. The summed E-state index contributed by atoms with van der Waals surface area (Å²) in [6.07, 6.45) is 1.51. The number of nitrogens with zero attached hydrogens (tertiary/aromatic N) is 2. The van der Waals surface area contributed by atoms with E-state index in [1.54, 1.807) is 21.3 Å². The molecule has 0 aliphatic rings. The average molecular weight is 332 g/mol. The van der Waals surface area contributed by atoms with Crippen molar-refractivity contribution in [3.8, 4) is 17.2 Å². The van der Waals surface area contributed by atoms with E-state index >= 15 is 0 Å². The molecule has 0 bridgehead atoms. The van der Waals surface area contributed by atoms with E-state index in [2.05, 4.69) is 41.4 Å². The van der Waals surface area contributed by atoms with Gasteiger partial charge in [-0.1, -0.05) is 0 Å². The third-order valence-electron chi connectivity index (χ3n) is 3.11. The summed E-state index contributed by atoms with van der Waals surface area (Å²) in [5.41, 5.74) is 0.683. The summed E-state index contributed by atoms with van der Waals surface area (Å²) in [6, 6.07) is 5.48. The Bertz CT molecular complexity index is 673. The Morgan fingerprint density at radius 3 is 1.92 bits per heavy atom. The molecule has 0 fully saturated rings. The van der Waals surface area contributed by atoms with Crippen LogP contribution in [0.15, 0.2) is 24.5 Å². The molecule has 0 amide bonds. The Hall–Kier alpha value is -2.70. The first kappa shape index (κ1) is 17.7. The normalized spacial score (nSPS) is 10.9. The predicted molar refractivity (Wildman–Crippen MR) is 94.8 cm³/mol. The lowest BCUT2D eigenvalue weighted by Gasteiger charge is -2.21. The molecule has 0 aliphatic carbocycles. The van der Waals surface area contributed by atoms with Crippen LogP contribution < -0.4 is 24.8 Å². The van der Waals surface area contributed by atoms with Gasteiger partial charge < -0.3 is 24.8 Å². The van der Waals surface area contributed by atoms with Crippen LogP contribution in [0.25, 0.3) is 0 Å². The van der Waals surface area contributed by atoms with Crippen molar-refractivity contribution in [2.75, 3.05) is 32.0 Å². The van der Waals surface area contributed by atoms with Crippen LogP contribution in [-0.4, -0.2) is 36.8 Å². The molecule has 130 valence electrons. The molecule has 2 N–H and O–H groups in total. The SMILES string of the molecule is COc1cc(Nc2cc(NC(C)(C)C)ncn2)cc(OC)c1OC. The summed E-state index contributed by atoms with van der Waals surface area (Å²) in [5, 5.41) is 6.53. The van der Waals surface area contributed by atoms with Gasteiger partial charge in [0, 0.05) is 29.4 Å². The number of hydrogen-bond acceptors (Lipinski definition) is 7. The van der Waals surface area contributed by atoms with Crippen LogP contribution in [0.1, 0.15) is 20.8 Å². The highest BCUT2D eigenvalue weighted by Crippen LogP contribution is 2.40. The van der Waals surface area contributed by atoms with E-state index in [4.69, 9.17) is 14.2 Å². The van der Waals surface area contributed by atoms with Gasteiger partial charge in [-0.3, -0.25) is 0 Å². The average Bonchev–Trinajstić information content (AvgIpc) is 2.52. The minimum absolute atomic E-state index is 0.0851. The zero-order valence-electron chi connectivity index (χ0n) is 14.9. The first-order valence-electron chi connectivity index (χ1n) is 7.53. The Morgan fingerprint density at radius 2 is 1.42 bits per heavy atom. The van der Waals surface area contributed by atoms with Crippen LogP contribution in [0.5, 0.6) is 17.2 Å². The number of anilines is 3. The molecule has 0 unspecified atom stereocenters. The van der Waals surface area contributed by atoms with Crippen molar-refractivity contribution in [3.63, 3.8) is 0 Å². The number of ether oxygens (including phenoxy) is 3. The van der Waals surface area contributed by atoms with E-state index in [9.17, 15) is 0 Å². The van der Waals surface area contributed by atoms with Gasteiger partial charge in [-0.25, -0.2) is 9.97 Å². The summed E-state index contributed by atoms with van der Waals surface area (Å²) in [6.45, 7) is 6.21. The lowest BCUT2D eigenvalue weighted by Crippen LogP contribution is -2.26. The lowest BCUT2D eigenvalue weighted by molar-refractivity contribution is 0.324. The molecule has 7 heteroatoms. The van der Waals surface area contributed by atoms with Crippen molar-refractivity contribution >= 4 is 17.3 Å². The fourth-order valence-electron chi connectivity index (χ4n) is 2.18. The minimum Gasteiger partial charge on any atom is -0.493 e. The van der Waals surface area contributed by atoms with E-state index < -0.39 is 0 Å². The number of methoxy groups -OCH3 is 3. The van der Waals surface area contributed by atoms with Crippen LogP contribution in [0.3, 0.4) is 0 Å². The molecule has 0 saturated carbocycles. The van der Waals surface area contributed by atoms with Gasteiger partial charge >= 0.3 is 0 Å². The van der Waals surface area contributed by atoms with Crippen molar-refractivity contribution in [3.05, 3.63) is 24.5 Å². The summed E-state index contributed by atoms with van der Waals surface area (Å²) < 4.78 is 16.0. The molecule has 2 rings (SSSR count). The van der Waals surface area contributed by atoms with Gasteiger partial charge in [-0.2, -0.15) is 0 Å². The quantitative estimate of drug-likeness (QED) is 0.839. The molecule has 0 spiro atoms. The van der Waals surface area contributed by atoms with Gasteiger partial charge in [-0.05, 0) is 20.8 Å². The van der Waals surface area contributed by atoms with E-state index in [1.807, 2.05) is 18.2 Å². The number of hydrogen-bond donors (Lipinski definition) is 2.